The summed E-state index contributed by atoms with van der Waals surface area (Å²) in [5, 5.41) is 9.18. The molecule has 2 heterocycles. The Morgan fingerprint density at radius 2 is 1.93 bits per heavy atom. The standard InChI is InChI=1S/C17H18N5O6P/c18-17-20-14-13(15(23)21-17)7-12(8-19-14)22(5-6-29(26,27)28)9-10-1-3-11(4-2-10)16(24)25/h1-4,7-8H,5-6,9H2,(H,24,25)(H2,26,27,28)(H3,18,19,20,21,23). The molecule has 3 aromatic rings. The maximum atomic E-state index is 12.1. The zero-order chi connectivity index (χ0) is 21.2. The summed E-state index contributed by atoms with van der Waals surface area (Å²) < 4.78 is 11.4. The van der Waals surface area contributed by atoms with E-state index < -0.39 is 25.3 Å². The molecule has 0 radical (unpaired) electrons. The van der Waals surface area contributed by atoms with Crippen molar-refractivity contribution in [2.75, 3.05) is 23.3 Å². The molecule has 0 fully saturated rings. The molecule has 0 bridgehead atoms. The monoisotopic (exact) mass is 419 g/mol. The molecule has 0 amide bonds. The number of anilines is 2. The Labute approximate surface area is 164 Å². The van der Waals surface area contributed by atoms with E-state index in [1.165, 1.54) is 24.4 Å². The van der Waals surface area contributed by atoms with Crippen LogP contribution in [0.5, 0.6) is 0 Å². The molecule has 0 saturated heterocycles. The van der Waals surface area contributed by atoms with Crippen LogP contribution in [0.15, 0.2) is 41.3 Å². The van der Waals surface area contributed by atoms with Crippen molar-refractivity contribution < 1.29 is 24.3 Å². The van der Waals surface area contributed by atoms with Crippen molar-refractivity contribution >= 4 is 36.2 Å². The minimum atomic E-state index is -4.27. The molecule has 1 aromatic carbocycles. The number of fused-ring (bicyclic) bond motifs is 1. The molecule has 0 atom stereocenters. The number of benzene rings is 1. The number of hydrogen-bond acceptors (Lipinski definition) is 7. The summed E-state index contributed by atoms with van der Waals surface area (Å²) >= 11 is 0. The lowest BCUT2D eigenvalue weighted by Crippen LogP contribution is -2.26. The van der Waals surface area contributed by atoms with E-state index in [4.69, 9.17) is 10.8 Å². The number of hydrogen-bond donors (Lipinski definition) is 5. The molecule has 0 saturated carbocycles. The smallest absolute Gasteiger partial charge is 0.335 e. The van der Waals surface area contributed by atoms with Gasteiger partial charge in [-0.3, -0.25) is 14.3 Å². The number of pyridine rings is 1. The van der Waals surface area contributed by atoms with Gasteiger partial charge in [-0.2, -0.15) is 4.98 Å². The third kappa shape index (κ3) is 5.17. The van der Waals surface area contributed by atoms with Crippen LogP contribution in [-0.4, -0.2) is 48.5 Å². The van der Waals surface area contributed by atoms with E-state index >= 15 is 0 Å². The SMILES string of the molecule is Nc1nc2ncc(N(CCP(=O)(O)O)Cc3ccc(C(=O)O)cc3)cc2c(=O)[nH]1. The van der Waals surface area contributed by atoms with Gasteiger partial charge >= 0.3 is 13.6 Å². The summed E-state index contributed by atoms with van der Waals surface area (Å²) in [6.07, 6.45) is 1.02. The predicted octanol–water partition coefficient (Wildman–Crippen LogP) is 0.783. The van der Waals surface area contributed by atoms with Crippen molar-refractivity contribution in [3.8, 4) is 0 Å². The predicted molar refractivity (Wildman–Crippen MR) is 106 cm³/mol. The largest absolute Gasteiger partial charge is 0.478 e. The second-order valence-electron chi connectivity index (χ2n) is 6.33. The van der Waals surface area contributed by atoms with E-state index in [0.29, 0.717) is 11.3 Å². The highest BCUT2D eigenvalue weighted by Gasteiger charge is 2.18. The molecule has 0 unspecified atom stereocenters. The van der Waals surface area contributed by atoms with Gasteiger partial charge in [-0.25, -0.2) is 9.78 Å². The van der Waals surface area contributed by atoms with E-state index in [0.717, 1.165) is 0 Å². The fourth-order valence-corrected chi connectivity index (χ4v) is 3.23. The van der Waals surface area contributed by atoms with Gasteiger partial charge in [0.2, 0.25) is 5.95 Å². The highest BCUT2D eigenvalue weighted by atomic mass is 31.2. The number of nitrogens with zero attached hydrogens (tertiary/aromatic N) is 3. The van der Waals surface area contributed by atoms with Crippen LogP contribution in [0.3, 0.4) is 0 Å². The third-order valence-electron chi connectivity index (χ3n) is 4.17. The molecule has 29 heavy (non-hydrogen) atoms. The Morgan fingerprint density at radius 3 is 2.55 bits per heavy atom. The lowest BCUT2D eigenvalue weighted by molar-refractivity contribution is 0.0697. The van der Waals surface area contributed by atoms with Gasteiger partial charge in [-0.15, -0.1) is 0 Å². The van der Waals surface area contributed by atoms with Crippen LogP contribution in [0.4, 0.5) is 11.6 Å². The van der Waals surface area contributed by atoms with Gasteiger partial charge in [0.25, 0.3) is 5.56 Å². The Bertz CT molecular complexity index is 1160. The molecule has 0 aliphatic carbocycles. The first-order valence-electron chi connectivity index (χ1n) is 8.40. The first-order valence-corrected chi connectivity index (χ1v) is 10.2. The average molecular weight is 419 g/mol. The summed E-state index contributed by atoms with van der Waals surface area (Å²) in [6.45, 7) is 0.200. The van der Waals surface area contributed by atoms with Gasteiger partial charge in [0.05, 0.1) is 29.0 Å². The number of aromatic nitrogens is 3. The van der Waals surface area contributed by atoms with Gasteiger partial charge in [0, 0.05) is 13.1 Å². The first kappa shape index (κ1) is 20.5. The van der Waals surface area contributed by atoms with Crippen LogP contribution in [-0.2, 0) is 11.1 Å². The summed E-state index contributed by atoms with van der Waals surface area (Å²) in [5.41, 5.74) is 6.46. The van der Waals surface area contributed by atoms with Crippen molar-refractivity contribution in [1.29, 1.82) is 0 Å². The van der Waals surface area contributed by atoms with Crippen molar-refractivity contribution in [2.24, 2.45) is 0 Å². The van der Waals surface area contributed by atoms with Crippen LogP contribution in [0.1, 0.15) is 15.9 Å². The number of aromatic carboxylic acids is 1. The quantitative estimate of drug-likeness (QED) is 0.343. The molecule has 0 spiro atoms. The molecule has 0 aliphatic heterocycles. The minimum absolute atomic E-state index is 0.0154. The number of carbonyl (C=O) groups is 1. The molecule has 0 aliphatic rings. The normalized spacial score (nSPS) is 11.5. The maximum Gasteiger partial charge on any atom is 0.335 e. The number of carboxylic acids is 1. The van der Waals surface area contributed by atoms with E-state index in [1.54, 1.807) is 17.0 Å². The van der Waals surface area contributed by atoms with E-state index in [2.05, 4.69) is 15.0 Å². The minimum Gasteiger partial charge on any atom is -0.478 e. The zero-order valence-electron chi connectivity index (χ0n) is 15.0. The fourth-order valence-electron chi connectivity index (χ4n) is 2.72. The van der Waals surface area contributed by atoms with Gasteiger partial charge in [0.15, 0.2) is 5.65 Å². The van der Waals surface area contributed by atoms with Gasteiger partial charge in [0.1, 0.15) is 0 Å². The van der Waals surface area contributed by atoms with Crippen molar-refractivity contribution in [2.45, 2.75) is 6.54 Å². The second kappa shape index (κ2) is 8.00. The van der Waals surface area contributed by atoms with Gasteiger partial charge < -0.3 is 25.5 Å². The van der Waals surface area contributed by atoms with E-state index in [1.807, 2.05) is 0 Å². The number of aromatic amines is 1. The number of nitrogens with two attached hydrogens (primary N) is 1. The van der Waals surface area contributed by atoms with Crippen LogP contribution in [0.2, 0.25) is 0 Å². The zero-order valence-corrected chi connectivity index (χ0v) is 15.9. The fraction of sp³-hybridized carbons (Fsp3) is 0.176. The second-order valence-corrected chi connectivity index (χ2v) is 8.10. The summed E-state index contributed by atoms with van der Waals surface area (Å²) in [5.74, 6) is -1.13. The topological polar surface area (TPSA) is 183 Å². The van der Waals surface area contributed by atoms with Crippen LogP contribution in [0.25, 0.3) is 11.0 Å². The van der Waals surface area contributed by atoms with Gasteiger partial charge in [-0.05, 0) is 23.8 Å². The Balaban J connectivity index is 1.96. The summed E-state index contributed by atoms with van der Waals surface area (Å²) in [6, 6.07) is 7.61. The first-order chi connectivity index (χ1) is 13.6. The number of carboxylic acid groups (broad SMARTS) is 1. The van der Waals surface area contributed by atoms with Crippen LogP contribution in [0, 0.1) is 0 Å². The lowest BCUT2D eigenvalue weighted by atomic mass is 10.1. The van der Waals surface area contributed by atoms with Crippen LogP contribution < -0.4 is 16.2 Å². The molecule has 11 nitrogen and oxygen atoms in total. The Kier molecular flexibility index (Phi) is 5.64. The summed E-state index contributed by atoms with van der Waals surface area (Å²) in [7, 11) is -4.27. The molecule has 6 N–H and O–H groups in total. The van der Waals surface area contributed by atoms with Crippen LogP contribution >= 0.6 is 7.60 Å². The van der Waals surface area contributed by atoms with E-state index in [-0.39, 0.29) is 35.6 Å². The number of rotatable bonds is 7. The molecular weight excluding hydrogens is 401 g/mol. The number of nitrogens with one attached hydrogen (secondary N) is 1. The average Bonchev–Trinajstić information content (AvgIpc) is 2.64. The van der Waals surface area contributed by atoms with Gasteiger partial charge in [-0.1, -0.05) is 12.1 Å². The number of nitrogen functional groups attached to an aromatic ring is 1. The highest BCUT2D eigenvalue weighted by Crippen LogP contribution is 2.34. The molecule has 152 valence electrons. The highest BCUT2D eigenvalue weighted by molar-refractivity contribution is 7.51. The Morgan fingerprint density at radius 1 is 1.24 bits per heavy atom. The molecule has 3 rings (SSSR count). The third-order valence-corrected chi connectivity index (χ3v) is 4.95. The lowest BCUT2D eigenvalue weighted by Gasteiger charge is -2.25. The maximum absolute atomic E-state index is 12.1. The molecule has 2 aromatic heterocycles. The number of H-pyrrole nitrogens is 1. The van der Waals surface area contributed by atoms with E-state index in [9.17, 15) is 23.9 Å². The summed E-state index contributed by atoms with van der Waals surface area (Å²) in [4.78, 5) is 53.7. The van der Waals surface area contributed by atoms with Crippen molar-refractivity contribution in [1.82, 2.24) is 15.0 Å². The Hall–Kier alpha value is -3.27. The molecule has 12 heteroatoms. The molecular formula is C17H18N5O6P. The van der Waals surface area contributed by atoms with Crippen molar-refractivity contribution in [3.05, 3.63) is 58.0 Å². The van der Waals surface area contributed by atoms with Crippen molar-refractivity contribution in [3.63, 3.8) is 0 Å².